The summed E-state index contributed by atoms with van der Waals surface area (Å²) < 4.78 is 6.30. The minimum atomic E-state index is -0.258. The summed E-state index contributed by atoms with van der Waals surface area (Å²) in [7, 11) is 3.26. The zero-order valence-corrected chi connectivity index (χ0v) is 8.70. The van der Waals surface area contributed by atoms with E-state index in [0.717, 1.165) is 11.3 Å². The van der Waals surface area contributed by atoms with Crippen LogP contribution in [0, 0.1) is 6.92 Å². The molecule has 1 heterocycles. The van der Waals surface area contributed by atoms with E-state index in [4.69, 9.17) is 0 Å². The molecule has 0 radical (unpaired) electrons. The Morgan fingerprint density at radius 3 is 2.93 bits per heavy atom. The van der Waals surface area contributed by atoms with E-state index in [0.29, 0.717) is 6.54 Å². The van der Waals surface area contributed by atoms with Gasteiger partial charge >= 0.3 is 5.97 Å². The van der Waals surface area contributed by atoms with Crippen LogP contribution in [0.3, 0.4) is 0 Å². The van der Waals surface area contributed by atoms with Crippen molar-refractivity contribution in [3.05, 3.63) is 17.5 Å². The van der Waals surface area contributed by atoms with Crippen molar-refractivity contribution in [3.63, 3.8) is 0 Å². The maximum absolute atomic E-state index is 10.8. The normalized spacial score (nSPS) is 10.2. The van der Waals surface area contributed by atoms with Gasteiger partial charge in [-0.15, -0.1) is 0 Å². The Morgan fingerprint density at radius 2 is 2.43 bits per heavy atom. The highest BCUT2D eigenvalue weighted by Gasteiger charge is 2.04. The van der Waals surface area contributed by atoms with Crippen LogP contribution in [0.2, 0.25) is 0 Å². The molecule has 0 spiro atoms. The third-order valence-electron chi connectivity index (χ3n) is 2.15. The number of ether oxygens (including phenoxy) is 1. The molecule has 0 amide bonds. The molecule has 1 N–H and O–H groups in total. The molecule has 0 aliphatic carbocycles. The molecule has 0 saturated carbocycles. The standard InChI is InChI=1S/C9H15N3O2/c1-7-8(5-11-12(7)2)4-10-6-9(13)14-3/h5,10H,4,6H2,1-3H3. The summed E-state index contributed by atoms with van der Waals surface area (Å²) >= 11 is 0. The van der Waals surface area contributed by atoms with E-state index in [-0.39, 0.29) is 12.5 Å². The van der Waals surface area contributed by atoms with Gasteiger partial charge in [0, 0.05) is 24.8 Å². The molecule has 1 rings (SSSR count). The van der Waals surface area contributed by atoms with Crippen molar-refractivity contribution in [1.29, 1.82) is 0 Å². The number of methoxy groups -OCH3 is 1. The summed E-state index contributed by atoms with van der Waals surface area (Å²) in [5.74, 6) is -0.258. The highest BCUT2D eigenvalue weighted by Crippen LogP contribution is 2.04. The Bertz CT molecular complexity index is 320. The highest BCUT2D eigenvalue weighted by atomic mass is 16.5. The summed E-state index contributed by atoms with van der Waals surface area (Å²) in [6.07, 6.45) is 1.79. The van der Waals surface area contributed by atoms with Gasteiger partial charge in [0.15, 0.2) is 0 Å². The summed E-state index contributed by atoms with van der Waals surface area (Å²) in [5.41, 5.74) is 2.19. The monoisotopic (exact) mass is 197 g/mol. The lowest BCUT2D eigenvalue weighted by Crippen LogP contribution is -2.23. The van der Waals surface area contributed by atoms with Gasteiger partial charge in [-0.25, -0.2) is 0 Å². The summed E-state index contributed by atoms with van der Waals surface area (Å²) in [6.45, 7) is 2.85. The van der Waals surface area contributed by atoms with Crippen LogP contribution in [-0.4, -0.2) is 29.4 Å². The van der Waals surface area contributed by atoms with Gasteiger partial charge in [-0.3, -0.25) is 9.48 Å². The predicted octanol–water partition coefficient (Wildman–Crippen LogP) is -0.00888. The molecule has 0 bridgehead atoms. The van der Waals surface area contributed by atoms with Gasteiger partial charge in [0.1, 0.15) is 0 Å². The van der Waals surface area contributed by atoms with Crippen LogP contribution in [0.5, 0.6) is 0 Å². The Balaban J connectivity index is 2.39. The molecule has 0 aromatic carbocycles. The van der Waals surface area contributed by atoms with E-state index in [2.05, 4.69) is 15.2 Å². The molecule has 5 nitrogen and oxygen atoms in total. The topological polar surface area (TPSA) is 56.1 Å². The van der Waals surface area contributed by atoms with Crippen LogP contribution in [0.4, 0.5) is 0 Å². The zero-order chi connectivity index (χ0) is 10.6. The SMILES string of the molecule is COC(=O)CNCc1cnn(C)c1C. The van der Waals surface area contributed by atoms with Crippen LogP contribution in [0.1, 0.15) is 11.3 Å². The average molecular weight is 197 g/mol. The fourth-order valence-corrected chi connectivity index (χ4v) is 1.09. The molecule has 0 fully saturated rings. The van der Waals surface area contributed by atoms with Gasteiger partial charge < -0.3 is 10.1 Å². The largest absolute Gasteiger partial charge is 0.468 e. The molecular weight excluding hydrogens is 182 g/mol. The van der Waals surface area contributed by atoms with Crippen LogP contribution in [0.25, 0.3) is 0 Å². The minimum absolute atomic E-state index is 0.227. The zero-order valence-electron chi connectivity index (χ0n) is 8.70. The number of esters is 1. The van der Waals surface area contributed by atoms with Crippen LogP contribution >= 0.6 is 0 Å². The number of aromatic nitrogens is 2. The Morgan fingerprint density at radius 1 is 1.71 bits per heavy atom. The van der Waals surface area contributed by atoms with E-state index in [1.54, 1.807) is 10.9 Å². The van der Waals surface area contributed by atoms with Gasteiger partial charge in [-0.05, 0) is 6.92 Å². The summed E-state index contributed by atoms with van der Waals surface area (Å²) in [4.78, 5) is 10.8. The number of aryl methyl sites for hydroxylation is 1. The quantitative estimate of drug-likeness (QED) is 0.690. The molecule has 0 aliphatic heterocycles. The van der Waals surface area contributed by atoms with Gasteiger partial charge in [0.2, 0.25) is 0 Å². The number of hydrogen-bond acceptors (Lipinski definition) is 4. The Labute approximate surface area is 83.1 Å². The van der Waals surface area contributed by atoms with E-state index in [1.165, 1.54) is 7.11 Å². The number of hydrogen-bond donors (Lipinski definition) is 1. The van der Waals surface area contributed by atoms with Crippen molar-refractivity contribution in [2.75, 3.05) is 13.7 Å². The molecular formula is C9H15N3O2. The van der Waals surface area contributed by atoms with Gasteiger partial charge in [0.25, 0.3) is 0 Å². The second kappa shape index (κ2) is 4.76. The lowest BCUT2D eigenvalue weighted by atomic mass is 10.2. The van der Waals surface area contributed by atoms with Crippen molar-refractivity contribution >= 4 is 5.97 Å². The number of carbonyl (C=O) groups excluding carboxylic acids is 1. The van der Waals surface area contributed by atoms with Gasteiger partial charge in [-0.1, -0.05) is 0 Å². The van der Waals surface area contributed by atoms with E-state index >= 15 is 0 Å². The molecule has 5 heteroatoms. The van der Waals surface area contributed by atoms with Crippen molar-refractivity contribution in [3.8, 4) is 0 Å². The number of nitrogens with zero attached hydrogens (tertiary/aromatic N) is 2. The van der Waals surface area contributed by atoms with E-state index in [9.17, 15) is 4.79 Å². The lowest BCUT2D eigenvalue weighted by molar-refractivity contribution is -0.139. The third kappa shape index (κ3) is 2.56. The first-order valence-electron chi connectivity index (χ1n) is 4.40. The molecule has 1 aromatic rings. The Kier molecular flexibility index (Phi) is 3.64. The molecule has 0 aliphatic rings. The van der Waals surface area contributed by atoms with Crippen LogP contribution < -0.4 is 5.32 Å². The average Bonchev–Trinajstić information content (AvgIpc) is 2.49. The second-order valence-corrected chi connectivity index (χ2v) is 3.06. The second-order valence-electron chi connectivity index (χ2n) is 3.06. The van der Waals surface area contributed by atoms with Crippen LogP contribution in [-0.2, 0) is 23.1 Å². The smallest absolute Gasteiger partial charge is 0.319 e. The minimum Gasteiger partial charge on any atom is -0.468 e. The van der Waals surface area contributed by atoms with Crippen molar-refractivity contribution in [1.82, 2.24) is 15.1 Å². The molecule has 0 saturated heterocycles. The Hall–Kier alpha value is -1.36. The predicted molar refractivity (Wildman–Crippen MR) is 51.7 cm³/mol. The first-order chi connectivity index (χ1) is 6.65. The number of carbonyl (C=O) groups is 1. The summed E-state index contributed by atoms with van der Waals surface area (Å²) in [6, 6.07) is 0. The maximum Gasteiger partial charge on any atom is 0.319 e. The molecule has 0 unspecified atom stereocenters. The van der Waals surface area contributed by atoms with Gasteiger partial charge in [0.05, 0.1) is 19.9 Å². The molecule has 0 atom stereocenters. The summed E-state index contributed by atoms with van der Waals surface area (Å²) in [5, 5.41) is 7.07. The molecule has 1 aromatic heterocycles. The first-order valence-corrected chi connectivity index (χ1v) is 4.40. The van der Waals surface area contributed by atoms with Crippen molar-refractivity contribution in [2.24, 2.45) is 7.05 Å². The van der Waals surface area contributed by atoms with E-state index in [1.807, 2.05) is 14.0 Å². The molecule has 78 valence electrons. The maximum atomic E-state index is 10.8. The highest BCUT2D eigenvalue weighted by molar-refractivity contribution is 5.71. The van der Waals surface area contributed by atoms with Crippen molar-refractivity contribution in [2.45, 2.75) is 13.5 Å². The number of rotatable bonds is 4. The number of nitrogens with one attached hydrogen (secondary N) is 1. The fourth-order valence-electron chi connectivity index (χ4n) is 1.09. The fraction of sp³-hybridized carbons (Fsp3) is 0.556. The van der Waals surface area contributed by atoms with Gasteiger partial charge in [-0.2, -0.15) is 5.10 Å². The van der Waals surface area contributed by atoms with Crippen molar-refractivity contribution < 1.29 is 9.53 Å². The third-order valence-corrected chi connectivity index (χ3v) is 2.15. The lowest BCUT2D eigenvalue weighted by Gasteiger charge is -2.02. The molecule has 14 heavy (non-hydrogen) atoms. The van der Waals surface area contributed by atoms with E-state index < -0.39 is 0 Å². The van der Waals surface area contributed by atoms with Crippen LogP contribution in [0.15, 0.2) is 6.20 Å². The first kappa shape index (κ1) is 10.7.